The third kappa shape index (κ3) is 4.38. The Morgan fingerprint density at radius 3 is 2.09 bits per heavy atom. The number of benzene rings is 3. The Labute approximate surface area is 195 Å². The molecule has 0 aliphatic carbocycles. The molecule has 0 spiro atoms. The summed E-state index contributed by atoms with van der Waals surface area (Å²) in [7, 11) is 0. The molecule has 0 N–H and O–H groups in total. The van der Waals surface area contributed by atoms with E-state index in [4.69, 9.17) is 9.52 Å². The third-order valence-corrected chi connectivity index (χ3v) is 6.28. The second-order valence-corrected chi connectivity index (χ2v) is 9.82. The van der Waals surface area contributed by atoms with Crippen LogP contribution in [-0.4, -0.2) is 15.9 Å². The number of hydrogen-bond acceptors (Lipinski definition) is 4. The highest BCUT2D eigenvalue weighted by Crippen LogP contribution is 2.33. The highest BCUT2D eigenvalue weighted by molar-refractivity contribution is 6.02. The van der Waals surface area contributed by atoms with Crippen molar-refractivity contribution < 1.29 is 4.52 Å². The zero-order chi connectivity index (χ0) is 23.0. The van der Waals surface area contributed by atoms with Crippen molar-refractivity contribution in [2.24, 2.45) is 4.99 Å². The maximum Gasteiger partial charge on any atom is 0.257 e. The highest BCUT2D eigenvalue weighted by Gasteiger charge is 2.22. The van der Waals surface area contributed by atoms with Crippen LogP contribution < -0.4 is 0 Å². The van der Waals surface area contributed by atoms with E-state index in [0.717, 1.165) is 29.8 Å². The molecule has 4 nitrogen and oxygen atoms in total. The van der Waals surface area contributed by atoms with Crippen LogP contribution in [0.5, 0.6) is 0 Å². The second kappa shape index (κ2) is 8.43. The van der Waals surface area contributed by atoms with Crippen molar-refractivity contribution in [1.82, 2.24) is 10.1 Å². The van der Waals surface area contributed by atoms with E-state index < -0.39 is 0 Å². The Morgan fingerprint density at radius 2 is 1.45 bits per heavy atom. The minimum atomic E-state index is -0.131. The van der Waals surface area contributed by atoms with Crippen LogP contribution in [0.15, 0.2) is 82.3 Å². The average molecular weight is 436 g/mol. The average Bonchev–Trinajstić information content (AvgIpc) is 3.50. The molecule has 1 aliphatic rings. The first-order chi connectivity index (χ1) is 15.9. The van der Waals surface area contributed by atoms with Gasteiger partial charge in [-0.2, -0.15) is 4.98 Å². The van der Waals surface area contributed by atoms with E-state index in [-0.39, 0.29) is 11.5 Å². The van der Waals surface area contributed by atoms with Crippen molar-refractivity contribution in [3.05, 3.63) is 95.3 Å². The molecular weight excluding hydrogens is 406 g/mol. The molecule has 166 valence electrons. The van der Waals surface area contributed by atoms with E-state index in [1.54, 1.807) is 0 Å². The Morgan fingerprint density at radius 1 is 0.818 bits per heavy atom. The fraction of sp³-hybridized carbons (Fsp3) is 0.276. The lowest BCUT2D eigenvalue weighted by Gasteiger charge is -2.10. The van der Waals surface area contributed by atoms with E-state index >= 15 is 0 Å². The van der Waals surface area contributed by atoms with Crippen molar-refractivity contribution in [3.8, 4) is 22.6 Å². The molecule has 5 rings (SSSR count). The fourth-order valence-electron chi connectivity index (χ4n) is 4.28. The normalized spacial score (nSPS) is 16.1. The SMILES string of the molecule is Cc1ccccc1C1=NC(c2ccc(-c3ccc(-c4nc(C(C)(C)C)no4)cc3)cc2)CC1. The molecule has 0 bridgehead atoms. The van der Waals surface area contributed by atoms with Crippen LogP contribution in [0.1, 0.15) is 62.2 Å². The van der Waals surface area contributed by atoms with Crippen molar-refractivity contribution in [2.45, 2.75) is 52.0 Å². The van der Waals surface area contributed by atoms with E-state index in [1.807, 2.05) is 12.1 Å². The Balaban J connectivity index is 1.32. The summed E-state index contributed by atoms with van der Waals surface area (Å²) in [5, 5.41) is 4.12. The van der Waals surface area contributed by atoms with Gasteiger partial charge in [-0.1, -0.05) is 86.6 Å². The summed E-state index contributed by atoms with van der Waals surface area (Å²) in [5.74, 6) is 1.28. The summed E-state index contributed by atoms with van der Waals surface area (Å²) in [4.78, 5) is 9.60. The Kier molecular flexibility index (Phi) is 5.45. The van der Waals surface area contributed by atoms with Gasteiger partial charge in [0.05, 0.1) is 6.04 Å². The van der Waals surface area contributed by atoms with Gasteiger partial charge in [0.25, 0.3) is 5.89 Å². The van der Waals surface area contributed by atoms with Gasteiger partial charge in [-0.3, -0.25) is 4.99 Å². The maximum atomic E-state index is 5.47. The molecule has 2 heterocycles. The van der Waals surface area contributed by atoms with Gasteiger partial charge in [0.1, 0.15) is 0 Å². The molecule has 1 aliphatic heterocycles. The van der Waals surface area contributed by atoms with Crippen LogP contribution in [0, 0.1) is 6.92 Å². The van der Waals surface area contributed by atoms with Crippen molar-refractivity contribution in [1.29, 1.82) is 0 Å². The molecule has 3 aromatic carbocycles. The first kappa shape index (κ1) is 21.3. The molecule has 0 saturated carbocycles. The third-order valence-electron chi connectivity index (χ3n) is 6.28. The van der Waals surface area contributed by atoms with Crippen LogP contribution in [0.25, 0.3) is 22.6 Å². The molecule has 0 saturated heterocycles. The monoisotopic (exact) mass is 435 g/mol. The number of hydrogen-bond donors (Lipinski definition) is 0. The smallest absolute Gasteiger partial charge is 0.257 e. The molecule has 1 unspecified atom stereocenters. The van der Waals surface area contributed by atoms with Gasteiger partial charge in [-0.05, 0) is 59.7 Å². The zero-order valence-corrected chi connectivity index (χ0v) is 19.7. The van der Waals surface area contributed by atoms with Gasteiger partial charge >= 0.3 is 0 Å². The summed E-state index contributed by atoms with van der Waals surface area (Å²) in [5.41, 5.74) is 8.24. The minimum absolute atomic E-state index is 0.131. The summed E-state index contributed by atoms with van der Waals surface area (Å²) >= 11 is 0. The minimum Gasteiger partial charge on any atom is -0.334 e. The van der Waals surface area contributed by atoms with Gasteiger partial charge in [0, 0.05) is 16.7 Å². The molecule has 33 heavy (non-hydrogen) atoms. The molecule has 4 heteroatoms. The first-order valence-electron chi connectivity index (χ1n) is 11.6. The molecule has 1 atom stereocenters. The molecule has 4 aromatic rings. The number of aromatic nitrogens is 2. The predicted octanol–water partition coefficient (Wildman–Crippen LogP) is 7.33. The van der Waals surface area contributed by atoms with Crippen molar-refractivity contribution >= 4 is 5.71 Å². The maximum absolute atomic E-state index is 5.47. The lowest BCUT2D eigenvalue weighted by Crippen LogP contribution is -2.13. The topological polar surface area (TPSA) is 51.3 Å². The van der Waals surface area contributed by atoms with Crippen LogP contribution in [0.4, 0.5) is 0 Å². The summed E-state index contributed by atoms with van der Waals surface area (Å²) in [6.07, 6.45) is 2.10. The van der Waals surface area contributed by atoms with E-state index in [2.05, 4.69) is 98.5 Å². The Hall–Kier alpha value is -3.53. The number of rotatable bonds is 4. The summed E-state index contributed by atoms with van der Waals surface area (Å²) in [6.45, 7) is 8.39. The number of nitrogens with zero attached hydrogens (tertiary/aromatic N) is 3. The molecular formula is C29H29N3O. The van der Waals surface area contributed by atoms with Gasteiger partial charge in [0.2, 0.25) is 0 Å². The predicted molar refractivity (Wildman–Crippen MR) is 134 cm³/mol. The lowest BCUT2D eigenvalue weighted by molar-refractivity contribution is 0.402. The fourth-order valence-corrected chi connectivity index (χ4v) is 4.28. The van der Waals surface area contributed by atoms with Crippen LogP contribution in [0.3, 0.4) is 0 Å². The molecule has 1 aromatic heterocycles. The van der Waals surface area contributed by atoms with E-state index in [9.17, 15) is 0 Å². The highest BCUT2D eigenvalue weighted by atomic mass is 16.5. The number of aryl methyl sites for hydroxylation is 1. The van der Waals surface area contributed by atoms with Gasteiger partial charge in [0.15, 0.2) is 5.82 Å². The first-order valence-corrected chi connectivity index (χ1v) is 11.6. The lowest BCUT2D eigenvalue weighted by atomic mass is 9.96. The standard InChI is InChI=1S/C29H29N3O/c1-19-7-5-6-8-24(19)26-18-17-25(30-26)22-13-9-20(10-14-22)21-11-15-23(16-12-21)27-31-28(32-33-27)29(2,3)4/h5-16,25H,17-18H2,1-4H3. The van der Waals surface area contributed by atoms with E-state index in [0.29, 0.717) is 5.89 Å². The summed E-state index contributed by atoms with van der Waals surface area (Å²) < 4.78 is 5.47. The quantitative estimate of drug-likeness (QED) is 0.337. The summed E-state index contributed by atoms with van der Waals surface area (Å²) in [6, 6.07) is 25.9. The second-order valence-electron chi connectivity index (χ2n) is 9.82. The van der Waals surface area contributed by atoms with Crippen molar-refractivity contribution in [2.75, 3.05) is 0 Å². The van der Waals surface area contributed by atoms with Gasteiger partial charge in [-0.25, -0.2) is 0 Å². The molecule has 0 fully saturated rings. The van der Waals surface area contributed by atoms with E-state index in [1.165, 1.54) is 28.0 Å². The Bertz CT molecular complexity index is 1290. The van der Waals surface area contributed by atoms with Crippen LogP contribution >= 0.6 is 0 Å². The zero-order valence-electron chi connectivity index (χ0n) is 19.7. The van der Waals surface area contributed by atoms with Gasteiger partial charge in [-0.15, -0.1) is 0 Å². The molecule has 0 amide bonds. The van der Waals surface area contributed by atoms with Crippen molar-refractivity contribution in [3.63, 3.8) is 0 Å². The number of aliphatic imine (C=N–C) groups is 1. The van der Waals surface area contributed by atoms with Crippen LogP contribution in [-0.2, 0) is 5.41 Å². The largest absolute Gasteiger partial charge is 0.334 e. The van der Waals surface area contributed by atoms with Gasteiger partial charge < -0.3 is 4.52 Å². The van der Waals surface area contributed by atoms with Crippen LogP contribution in [0.2, 0.25) is 0 Å². The molecule has 0 radical (unpaired) electrons.